The van der Waals surface area contributed by atoms with Crippen LogP contribution in [0.4, 0.5) is 0 Å². The average Bonchev–Trinajstić information content (AvgIpc) is 2.50. The molecule has 2 unspecified atom stereocenters. The second kappa shape index (κ2) is 9.07. The van der Waals surface area contributed by atoms with E-state index in [0.717, 1.165) is 37.7 Å². The fourth-order valence-electron chi connectivity index (χ4n) is 6.16. The Morgan fingerprint density at radius 3 is 2.37 bits per heavy atom. The molecule has 0 heterocycles. The summed E-state index contributed by atoms with van der Waals surface area (Å²) < 4.78 is 29.6. The molecule has 0 amide bonds. The van der Waals surface area contributed by atoms with Crippen molar-refractivity contribution in [3.8, 4) is 0 Å². The van der Waals surface area contributed by atoms with E-state index >= 15 is 0 Å². The predicted molar refractivity (Wildman–Crippen MR) is 108 cm³/mol. The maximum atomic E-state index is 11.3. The number of allylic oxidation sites excluding steroid dienone is 1. The molecule has 8 nitrogen and oxygen atoms in total. The van der Waals surface area contributed by atoms with Crippen LogP contribution in [0.5, 0.6) is 0 Å². The third kappa shape index (κ3) is 6.49. The Morgan fingerprint density at radius 2 is 1.77 bits per heavy atom. The number of aliphatic hydroxyl groups is 1. The van der Waals surface area contributed by atoms with Crippen molar-refractivity contribution >= 4 is 15.6 Å². The summed E-state index contributed by atoms with van der Waals surface area (Å²) in [6.45, 7) is 10.3. The van der Waals surface area contributed by atoms with Gasteiger partial charge in [0.05, 0.1) is 20.0 Å². The van der Waals surface area contributed by atoms with E-state index in [2.05, 4.69) is 29.6 Å². The lowest BCUT2D eigenvalue weighted by atomic mass is 9.45. The molecular weight excluding hydrogens is 430 g/mol. The van der Waals surface area contributed by atoms with Crippen LogP contribution in [0.25, 0.3) is 0 Å². The molecule has 2 aliphatic carbocycles. The first-order valence-electron chi connectivity index (χ1n) is 10.6. The summed E-state index contributed by atoms with van der Waals surface area (Å²) in [5.74, 6) is 0.670. The number of phosphoric acid groups is 2. The third-order valence-corrected chi connectivity index (χ3v) is 9.52. The van der Waals surface area contributed by atoms with Gasteiger partial charge in [-0.25, -0.2) is 0 Å². The number of phosphoric ester groups is 1. The van der Waals surface area contributed by atoms with E-state index in [9.17, 15) is 28.9 Å². The molecule has 0 radical (unpaired) electrons. The molecule has 176 valence electrons. The van der Waals surface area contributed by atoms with Gasteiger partial charge in [-0.1, -0.05) is 38.8 Å². The molecule has 0 aromatic carbocycles. The SMILES string of the molecule is C/C(=C\COP(=O)([O-])OP(=O)([O-])[O-])CC[C@@H]1[C@@](C)(O)CCC2C(C)(C)CCC[C@]21C. The molecular formula is C20H35O8P2-3. The number of rotatable bonds is 8. The lowest BCUT2D eigenvalue weighted by Gasteiger charge is -2.61. The van der Waals surface area contributed by atoms with Crippen LogP contribution >= 0.6 is 15.6 Å². The van der Waals surface area contributed by atoms with Gasteiger partial charge in [0.15, 0.2) is 0 Å². The summed E-state index contributed by atoms with van der Waals surface area (Å²) in [6, 6.07) is 0. The van der Waals surface area contributed by atoms with E-state index in [1.807, 2.05) is 13.8 Å². The molecule has 2 rings (SSSR count). The van der Waals surface area contributed by atoms with Gasteiger partial charge in [0.25, 0.3) is 7.82 Å². The standard InChI is InChI=1S/C20H38O8P2/c1-15(10-14-27-30(25,26)28-29(22,23)24)7-8-17-19(4)12-6-11-18(2,3)16(19)9-13-20(17,5)21/h10,16-17,21H,6-9,11-14H2,1-5H3,(H,25,26)(H2,22,23,24)/p-3/b15-10+/t16?,17-,19+,20-/m0/s1. The summed E-state index contributed by atoms with van der Waals surface area (Å²) in [5.41, 5.74) is 0.400. The largest absolute Gasteiger partial charge is 0.790 e. The Morgan fingerprint density at radius 1 is 1.13 bits per heavy atom. The van der Waals surface area contributed by atoms with Gasteiger partial charge in [-0.15, -0.1) is 0 Å². The highest BCUT2D eigenvalue weighted by Crippen LogP contribution is 2.63. The number of hydrogen-bond donors (Lipinski definition) is 1. The van der Waals surface area contributed by atoms with Crippen molar-refractivity contribution < 1.29 is 37.8 Å². The first-order valence-corrected chi connectivity index (χ1v) is 13.5. The Kier molecular flexibility index (Phi) is 7.93. The molecule has 2 saturated carbocycles. The van der Waals surface area contributed by atoms with Crippen molar-refractivity contribution in [3.05, 3.63) is 11.6 Å². The van der Waals surface area contributed by atoms with Gasteiger partial charge < -0.3 is 28.9 Å². The molecule has 0 spiro atoms. The molecule has 0 aromatic heterocycles. The minimum Gasteiger partial charge on any atom is -0.790 e. The minimum absolute atomic E-state index is 0.0439. The fraction of sp³-hybridized carbons (Fsp3) is 0.900. The highest BCUT2D eigenvalue weighted by molar-refractivity contribution is 7.58. The van der Waals surface area contributed by atoms with Crippen LogP contribution < -0.4 is 14.7 Å². The molecule has 0 aromatic rings. The molecule has 1 N–H and O–H groups in total. The van der Waals surface area contributed by atoms with Gasteiger partial charge in [-0.3, -0.25) is 8.88 Å². The second-order valence-corrected chi connectivity index (χ2v) is 12.9. The molecule has 5 atom stereocenters. The van der Waals surface area contributed by atoms with E-state index in [4.69, 9.17) is 0 Å². The van der Waals surface area contributed by atoms with Crippen molar-refractivity contribution in [2.75, 3.05) is 6.61 Å². The average molecular weight is 465 g/mol. The highest BCUT2D eigenvalue weighted by Gasteiger charge is 2.57. The molecule has 2 aliphatic rings. The van der Waals surface area contributed by atoms with E-state index in [0.29, 0.717) is 12.3 Å². The third-order valence-electron chi connectivity index (χ3n) is 7.45. The van der Waals surface area contributed by atoms with Gasteiger partial charge in [-0.05, 0) is 75.0 Å². The molecule has 10 heteroatoms. The van der Waals surface area contributed by atoms with Crippen LogP contribution in [0.15, 0.2) is 11.6 Å². The lowest BCUT2D eigenvalue weighted by Crippen LogP contribution is -2.57. The summed E-state index contributed by atoms with van der Waals surface area (Å²) in [7, 11) is -10.9. The zero-order valence-electron chi connectivity index (χ0n) is 18.6. The fourth-order valence-corrected chi connectivity index (χ4v) is 7.58. The summed E-state index contributed by atoms with van der Waals surface area (Å²) in [6.07, 6.45) is 8.18. The van der Waals surface area contributed by atoms with Gasteiger partial charge in [0, 0.05) is 0 Å². The number of fused-ring (bicyclic) bond motifs is 1. The van der Waals surface area contributed by atoms with Crippen LogP contribution in [0.2, 0.25) is 0 Å². The molecule has 2 fully saturated rings. The molecule has 0 aliphatic heterocycles. The van der Waals surface area contributed by atoms with Crippen LogP contribution in [-0.2, 0) is 18.0 Å². The monoisotopic (exact) mass is 465 g/mol. The van der Waals surface area contributed by atoms with E-state index in [-0.39, 0.29) is 16.7 Å². The maximum Gasteiger partial charge on any atom is 0.272 e. The summed E-state index contributed by atoms with van der Waals surface area (Å²) in [5, 5.41) is 11.2. The Labute approximate surface area is 179 Å². The first-order chi connectivity index (χ1) is 13.5. The van der Waals surface area contributed by atoms with Gasteiger partial charge in [-0.2, -0.15) is 0 Å². The normalized spacial score (nSPS) is 36.8. The van der Waals surface area contributed by atoms with Gasteiger partial charge in [0.1, 0.15) is 0 Å². The zero-order chi connectivity index (χ0) is 23.0. The quantitative estimate of drug-likeness (QED) is 0.426. The van der Waals surface area contributed by atoms with Crippen molar-refractivity contribution in [2.24, 2.45) is 22.7 Å². The summed E-state index contributed by atoms with van der Waals surface area (Å²) >= 11 is 0. The summed E-state index contributed by atoms with van der Waals surface area (Å²) in [4.78, 5) is 32.2. The van der Waals surface area contributed by atoms with Crippen LogP contribution in [0, 0.1) is 22.7 Å². The van der Waals surface area contributed by atoms with Crippen molar-refractivity contribution in [3.63, 3.8) is 0 Å². The second-order valence-electron chi connectivity index (χ2n) is 10.2. The van der Waals surface area contributed by atoms with Crippen LogP contribution in [-0.4, -0.2) is 17.3 Å². The molecule has 0 saturated heterocycles. The molecule has 30 heavy (non-hydrogen) atoms. The van der Waals surface area contributed by atoms with E-state index in [1.54, 1.807) is 0 Å². The highest BCUT2D eigenvalue weighted by atomic mass is 31.3. The van der Waals surface area contributed by atoms with Crippen LogP contribution in [0.3, 0.4) is 0 Å². The topological polar surface area (TPSA) is 142 Å². The van der Waals surface area contributed by atoms with Crippen molar-refractivity contribution in [1.82, 2.24) is 0 Å². The lowest BCUT2D eigenvalue weighted by molar-refractivity contribution is -0.339. The predicted octanol–water partition coefficient (Wildman–Crippen LogP) is 3.04. The molecule has 0 bridgehead atoms. The zero-order valence-corrected chi connectivity index (χ0v) is 20.4. The van der Waals surface area contributed by atoms with Gasteiger partial charge >= 0.3 is 0 Å². The van der Waals surface area contributed by atoms with Crippen LogP contribution in [0.1, 0.15) is 79.6 Å². The van der Waals surface area contributed by atoms with Crippen molar-refractivity contribution in [2.45, 2.75) is 85.2 Å². The maximum absolute atomic E-state index is 11.3. The first kappa shape index (κ1) is 26.2. The van der Waals surface area contributed by atoms with Crippen molar-refractivity contribution in [1.29, 1.82) is 0 Å². The number of hydrogen-bond acceptors (Lipinski definition) is 8. The van der Waals surface area contributed by atoms with E-state index in [1.165, 1.54) is 12.5 Å². The Hall–Kier alpha value is -0.0400. The minimum atomic E-state index is -5.68. The van der Waals surface area contributed by atoms with E-state index < -0.39 is 27.9 Å². The van der Waals surface area contributed by atoms with Gasteiger partial charge in [0.2, 0.25) is 0 Å². The Bertz CT molecular complexity index is 741. The smallest absolute Gasteiger partial charge is 0.272 e. The Balaban J connectivity index is 2.02.